The van der Waals surface area contributed by atoms with E-state index in [1.54, 1.807) is 18.6 Å². The van der Waals surface area contributed by atoms with E-state index in [1.807, 2.05) is 26.0 Å². The molecule has 42 heavy (non-hydrogen) atoms. The van der Waals surface area contributed by atoms with E-state index in [0.717, 1.165) is 84.9 Å². The molecular formula is C34H33Cl2N3O3. The summed E-state index contributed by atoms with van der Waals surface area (Å²) in [6.07, 6.45) is 13.4. The molecule has 3 heterocycles. The minimum atomic E-state index is -0.150. The van der Waals surface area contributed by atoms with Gasteiger partial charge >= 0.3 is 0 Å². The largest absolute Gasteiger partial charge is 0.490 e. The van der Waals surface area contributed by atoms with Crippen molar-refractivity contribution in [3.8, 4) is 28.8 Å². The zero-order valence-corrected chi connectivity index (χ0v) is 25.4. The molecule has 216 valence electrons. The number of hydrogen-bond acceptors (Lipinski definition) is 6. The van der Waals surface area contributed by atoms with Crippen LogP contribution in [0.15, 0.2) is 47.4 Å². The van der Waals surface area contributed by atoms with Crippen LogP contribution in [0.1, 0.15) is 88.0 Å². The molecule has 8 heteroatoms. The molecule has 4 aliphatic rings. The first-order chi connectivity index (χ1) is 20.3. The lowest BCUT2D eigenvalue weighted by Gasteiger charge is -2.51. The van der Waals surface area contributed by atoms with E-state index in [9.17, 15) is 0 Å². The van der Waals surface area contributed by atoms with Gasteiger partial charge in [-0.15, -0.1) is 0 Å². The van der Waals surface area contributed by atoms with E-state index in [0.29, 0.717) is 33.8 Å². The van der Waals surface area contributed by atoms with Gasteiger partial charge in [-0.1, -0.05) is 40.2 Å². The molecule has 8 rings (SSSR count). The highest BCUT2D eigenvalue weighted by Gasteiger charge is 2.49. The smallest absolute Gasteiger partial charge is 0.145 e. The summed E-state index contributed by atoms with van der Waals surface area (Å²) >= 11 is 13.0. The van der Waals surface area contributed by atoms with E-state index in [4.69, 9.17) is 37.2 Å². The van der Waals surface area contributed by atoms with Gasteiger partial charge in [0.25, 0.3) is 0 Å². The van der Waals surface area contributed by atoms with Crippen LogP contribution >= 0.6 is 23.2 Å². The number of pyridine rings is 2. The second kappa shape index (κ2) is 10.9. The molecule has 0 aliphatic heterocycles. The molecule has 0 amide bonds. The maximum atomic E-state index is 6.79. The fourth-order valence-electron chi connectivity index (χ4n) is 6.50. The van der Waals surface area contributed by atoms with Gasteiger partial charge in [0.1, 0.15) is 17.2 Å². The molecule has 3 aromatic heterocycles. The van der Waals surface area contributed by atoms with Crippen LogP contribution in [0.5, 0.6) is 5.75 Å². The number of halogens is 2. The molecular weight excluding hydrogens is 569 g/mol. The summed E-state index contributed by atoms with van der Waals surface area (Å²) in [5.74, 6) is 9.36. The number of aromatic nitrogens is 3. The van der Waals surface area contributed by atoms with Crippen LogP contribution in [-0.4, -0.2) is 26.8 Å². The lowest BCUT2D eigenvalue weighted by Crippen LogP contribution is -2.47. The van der Waals surface area contributed by atoms with E-state index < -0.39 is 0 Å². The fourth-order valence-corrected chi connectivity index (χ4v) is 7.05. The van der Waals surface area contributed by atoms with Crippen LogP contribution in [0.4, 0.5) is 0 Å². The van der Waals surface area contributed by atoms with Crippen LogP contribution in [0.3, 0.4) is 0 Å². The van der Waals surface area contributed by atoms with Crippen LogP contribution in [-0.2, 0) is 11.3 Å². The Bertz CT molecular complexity index is 1670. The molecule has 0 unspecified atom stereocenters. The number of hydrogen-bond donors (Lipinski definition) is 0. The Morgan fingerprint density at radius 1 is 1.02 bits per heavy atom. The quantitative estimate of drug-likeness (QED) is 0.197. The van der Waals surface area contributed by atoms with E-state index in [1.165, 1.54) is 0 Å². The molecule has 2 bridgehead atoms. The minimum Gasteiger partial charge on any atom is -0.490 e. The Morgan fingerprint density at radius 3 is 2.45 bits per heavy atom. The van der Waals surface area contributed by atoms with E-state index >= 15 is 0 Å². The molecule has 0 N–H and O–H groups in total. The number of ether oxygens (including phenoxy) is 2. The summed E-state index contributed by atoms with van der Waals surface area (Å²) in [7, 11) is 0. The van der Waals surface area contributed by atoms with Crippen molar-refractivity contribution < 1.29 is 14.0 Å². The Labute approximate surface area is 256 Å². The summed E-state index contributed by atoms with van der Waals surface area (Å²) in [4.78, 5) is 8.60. The van der Waals surface area contributed by atoms with Crippen molar-refractivity contribution in [3.63, 3.8) is 0 Å². The molecule has 0 spiro atoms. The van der Waals surface area contributed by atoms with Gasteiger partial charge in [-0.3, -0.25) is 9.97 Å². The standard InChI is InChI=1S/C34H33Cl2N3O3/c1-21(2)41-29-8-16-38-28-6-3-22(17-24(28)29)7-9-33-10-13-34(14-11-33,15-12-33)40-20-25-31(39-42-32(25)23-4-5-23)30-26(35)18-37-19-27(30)36/h3,6,8,16-19,21,23H,4-5,10-15,20H2,1-2H3. The maximum absolute atomic E-state index is 6.79. The predicted octanol–water partition coefficient (Wildman–Crippen LogP) is 8.92. The summed E-state index contributed by atoms with van der Waals surface area (Å²) in [5.41, 5.74) is 4.10. The van der Waals surface area contributed by atoms with Crippen molar-refractivity contribution in [2.24, 2.45) is 5.41 Å². The zero-order valence-electron chi connectivity index (χ0n) is 23.9. The highest BCUT2D eigenvalue weighted by Crippen LogP contribution is 2.54. The number of rotatable bonds is 7. The Balaban J connectivity index is 1.07. The predicted molar refractivity (Wildman–Crippen MR) is 164 cm³/mol. The van der Waals surface area contributed by atoms with Crippen molar-refractivity contribution in [1.29, 1.82) is 0 Å². The Morgan fingerprint density at radius 2 is 1.76 bits per heavy atom. The third-order valence-corrected chi connectivity index (χ3v) is 9.67. The molecule has 0 saturated heterocycles. The van der Waals surface area contributed by atoms with Crippen LogP contribution in [0.25, 0.3) is 22.2 Å². The molecule has 1 aromatic carbocycles. The van der Waals surface area contributed by atoms with Gasteiger partial charge in [-0.05, 0) is 89.5 Å². The number of benzene rings is 1. The van der Waals surface area contributed by atoms with Gasteiger partial charge < -0.3 is 14.0 Å². The van der Waals surface area contributed by atoms with Crippen molar-refractivity contribution >= 4 is 34.1 Å². The van der Waals surface area contributed by atoms with Gasteiger partial charge in [-0.2, -0.15) is 0 Å². The molecule has 4 aliphatic carbocycles. The molecule has 0 radical (unpaired) electrons. The first-order valence-electron chi connectivity index (χ1n) is 14.8. The van der Waals surface area contributed by atoms with Crippen molar-refractivity contribution in [3.05, 3.63) is 69.8 Å². The molecule has 4 aromatic rings. The average molecular weight is 603 g/mol. The lowest BCUT2D eigenvalue weighted by atomic mass is 9.59. The SMILES string of the molecule is CC(C)Oc1ccnc2ccc(C#CC34CCC(OCc5c(-c6c(Cl)cncc6Cl)noc5C5CC5)(CC3)CC4)cc12. The van der Waals surface area contributed by atoms with E-state index in [-0.39, 0.29) is 17.1 Å². The Kier molecular flexibility index (Phi) is 7.17. The monoisotopic (exact) mass is 601 g/mol. The second-order valence-electron chi connectivity index (χ2n) is 12.3. The third-order valence-electron chi connectivity index (χ3n) is 9.09. The molecule has 4 fully saturated rings. The average Bonchev–Trinajstić information content (AvgIpc) is 3.76. The van der Waals surface area contributed by atoms with Crippen LogP contribution in [0.2, 0.25) is 10.0 Å². The fraction of sp³-hybridized carbons (Fsp3) is 0.441. The third kappa shape index (κ3) is 5.28. The lowest BCUT2D eigenvalue weighted by molar-refractivity contribution is -0.131. The molecule has 6 nitrogen and oxygen atoms in total. The molecule has 0 atom stereocenters. The topological polar surface area (TPSA) is 70.3 Å². The van der Waals surface area contributed by atoms with Crippen molar-refractivity contribution in [1.82, 2.24) is 15.1 Å². The van der Waals surface area contributed by atoms with Gasteiger partial charge in [0.2, 0.25) is 0 Å². The van der Waals surface area contributed by atoms with Gasteiger partial charge in [0.15, 0.2) is 0 Å². The highest BCUT2D eigenvalue weighted by molar-refractivity contribution is 6.38. The summed E-state index contributed by atoms with van der Waals surface area (Å²) in [6.45, 7) is 4.51. The number of nitrogens with zero attached hydrogens (tertiary/aromatic N) is 3. The summed E-state index contributed by atoms with van der Waals surface area (Å²) in [6, 6.07) is 8.13. The van der Waals surface area contributed by atoms with Crippen molar-refractivity contribution in [2.75, 3.05) is 0 Å². The minimum absolute atomic E-state index is 0.0336. The van der Waals surface area contributed by atoms with Gasteiger partial charge in [0, 0.05) is 52.0 Å². The second-order valence-corrected chi connectivity index (χ2v) is 13.2. The van der Waals surface area contributed by atoms with Gasteiger partial charge in [0.05, 0.1) is 33.9 Å². The summed E-state index contributed by atoms with van der Waals surface area (Å²) < 4.78 is 18.7. The first-order valence-corrected chi connectivity index (χ1v) is 15.6. The molecule has 4 saturated carbocycles. The maximum Gasteiger partial charge on any atom is 0.145 e. The van der Waals surface area contributed by atoms with Crippen molar-refractivity contribution in [2.45, 2.75) is 89.4 Å². The zero-order chi connectivity index (χ0) is 28.9. The number of fused-ring (bicyclic) bond motifs is 4. The van der Waals surface area contributed by atoms with E-state index in [2.05, 4.69) is 39.1 Å². The Hall–Kier alpha value is -3.11. The normalized spacial score (nSPS) is 23.3. The highest BCUT2D eigenvalue weighted by atomic mass is 35.5. The summed E-state index contributed by atoms with van der Waals surface area (Å²) in [5, 5.41) is 6.34. The van der Waals surface area contributed by atoms with Gasteiger partial charge in [-0.25, -0.2) is 0 Å². The first kappa shape index (κ1) is 27.7. The van der Waals surface area contributed by atoms with Crippen LogP contribution < -0.4 is 4.74 Å². The van der Waals surface area contributed by atoms with Crippen LogP contribution in [0, 0.1) is 17.3 Å².